The number of imidazole rings is 1. The highest BCUT2D eigenvalue weighted by Gasteiger charge is 2.24. The van der Waals surface area contributed by atoms with Crippen LogP contribution in [0, 0.1) is 0 Å². The van der Waals surface area contributed by atoms with Crippen LogP contribution in [0.25, 0.3) is 0 Å². The van der Waals surface area contributed by atoms with E-state index in [2.05, 4.69) is 39.1 Å². The molecule has 0 fully saturated rings. The summed E-state index contributed by atoms with van der Waals surface area (Å²) in [6.07, 6.45) is 5.85. The van der Waals surface area contributed by atoms with Crippen molar-refractivity contribution >= 4 is 11.9 Å². The second-order valence-corrected chi connectivity index (χ2v) is 6.69. The normalized spacial score (nSPS) is 10.7. The van der Waals surface area contributed by atoms with Crippen molar-refractivity contribution in [2.75, 3.05) is 18.1 Å². The Hall–Kier alpha value is -3.93. The van der Waals surface area contributed by atoms with Crippen LogP contribution in [-0.4, -0.2) is 33.8 Å². The Bertz CT molecular complexity index is 999. The predicted molar refractivity (Wildman–Crippen MR) is 115 cm³/mol. The highest BCUT2D eigenvalue weighted by Crippen LogP contribution is 2.31. The quantitative estimate of drug-likeness (QED) is 0.457. The molecule has 6 heteroatoms. The monoisotopic (exact) mass is 398 g/mol. The lowest BCUT2D eigenvalue weighted by Gasteiger charge is -2.33. The number of pyridine rings is 1. The minimum atomic E-state index is -0.454. The van der Waals surface area contributed by atoms with E-state index in [1.54, 1.807) is 18.6 Å². The number of rotatable bonds is 7. The number of hydrogen-bond donors (Lipinski definition) is 0. The van der Waals surface area contributed by atoms with E-state index < -0.39 is 6.09 Å². The van der Waals surface area contributed by atoms with Gasteiger partial charge in [0.05, 0.1) is 12.6 Å². The second kappa shape index (κ2) is 9.52. The summed E-state index contributed by atoms with van der Waals surface area (Å²) in [6.45, 7) is 0.690. The highest BCUT2D eigenvalue weighted by atomic mass is 16.5. The van der Waals surface area contributed by atoms with E-state index in [0.29, 0.717) is 6.54 Å². The Labute approximate surface area is 175 Å². The number of hydrogen-bond acceptors (Lipinski definition) is 5. The third-order valence-corrected chi connectivity index (χ3v) is 4.76. The maximum absolute atomic E-state index is 12.2. The van der Waals surface area contributed by atoms with Crippen molar-refractivity contribution in [3.63, 3.8) is 0 Å². The molecule has 2 heterocycles. The van der Waals surface area contributed by atoms with Crippen LogP contribution in [0.15, 0.2) is 104 Å². The highest BCUT2D eigenvalue weighted by molar-refractivity contribution is 5.70. The van der Waals surface area contributed by atoms with Gasteiger partial charge in [0, 0.05) is 18.6 Å². The van der Waals surface area contributed by atoms with E-state index in [4.69, 9.17) is 4.74 Å². The van der Waals surface area contributed by atoms with Crippen molar-refractivity contribution < 1.29 is 9.53 Å². The molecule has 0 atom stereocenters. The Morgan fingerprint density at radius 3 is 2.13 bits per heavy atom. The van der Waals surface area contributed by atoms with Crippen molar-refractivity contribution in [3.8, 4) is 0 Å². The van der Waals surface area contributed by atoms with Crippen molar-refractivity contribution in [1.29, 1.82) is 0 Å². The zero-order chi connectivity index (χ0) is 20.6. The molecule has 0 bridgehead atoms. The molecule has 0 aliphatic carbocycles. The van der Waals surface area contributed by atoms with Gasteiger partial charge in [0.2, 0.25) is 0 Å². The molecule has 4 aromatic rings. The molecule has 0 saturated heterocycles. The van der Waals surface area contributed by atoms with Gasteiger partial charge in [-0.15, -0.1) is 0 Å². The van der Waals surface area contributed by atoms with Gasteiger partial charge in [0.15, 0.2) is 0 Å². The van der Waals surface area contributed by atoms with E-state index in [1.807, 2.05) is 54.6 Å². The van der Waals surface area contributed by atoms with E-state index in [9.17, 15) is 4.79 Å². The van der Waals surface area contributed by atoms with Crippen LogP contribution < -0.4 is 4.90 Å². The van der Waals surface area contributed by atoms with Crippen LogP contribution in [0.1, 0.15) is 17.2 Å². The van der Waals surface area contributed by atoms with Crippen LogP contribution in [0.4, 0.5) is 10.6 Å². The van der Waals surface area contributed by atoms with Crippen LogP contribution in [0.2, 0.25) is 0 Å². The molecule has 30 heavy (non-hydrogen) atoms. The molecule has 150 valence electrons. The first-order valence-corrected chi connectivity index (χ1v) is 9.75. The van der Waals surface area contributed by atoms with Crippen molar-refractivity contribution in [2.45, 2.75) is 6.04 Å². The Kier molecular flexibility index (Phi) is 6.15. The molecular weight excluding hydrogens is 376 g/mol. The Balaban J connectivity index is 1.63. The molecule has 0 aliphatic rings. The third kappa shape index (κ3) is 4.55. The minimum absolute atomic E-state index is 0.0748. The molecule has 0 unspecified atom stereocenters. The smallest absolute Gasteiger partial charge is 0.419 e. The van der Waals surface area contributed by atoms with Gasteiger partial charge in [-0.05, 0) is 23.3 Å². The summed E-state index contributed by atoms with van der Waals surface area (Å²) in [5.41, 5.74) is 2.27. The van der Waals surface area contributed by atoms with Gasteiger partial charge in [-0.3, -0.25) is 0 Å². The van der Waals surface area contributed by atoms with Gasteiger partial charge >= 0.3 is 6.09 Å². The average molecular weight is 398 g/mol. The maximum Gasteiger partial charge on any atom is 0.419 e. The van der Waals surface area contributed by atoms with Crippen LogP contribution in [-0.2, 0) is 4.74 Å². The SMILES string of the molecule is O=C(OCCN(c1ccccn1)C(c1ccccc1)c1ccccc1)n1ccnc1. The maximum atomic E-state index is 12.2. The topological polar surface area (TPSA) is 60.2 Å². The Morgan fingerprint density at radius 2 is 1.57 bits per heavy atom. The molecule has 2 aromatic heterocycles. The summed E-state index contributed by atoms with van der Waals surface area (Å²) in [4.78, 5) is 22.8. The lowest BCUT2D eigenvalue weighted by molar-refractivity contribution is 0.150. The van der Waals surface area contributed by atoms with Crippen LogP contribution in [0.3, 0.4) is 0 Å². The fourth-order valence-corrected chi connectivity index (χ4v) is 3.40. The van der Waals surface area contributed by atoms with Gasteiger partial charge in [0.1, 0.15) is 18.8 Å². The summed E-state index contributed by atoms with van der Waals surface area (Å²) in [5, 5.41) is 0. The first kappa shape index (κ1) is 19.4. The number of carbonyl (C=O) groups is 1. The fourth-order valence-electron chi connectivity index (χ4n) is 3.40. The Morgan fingerprint density at radius 1 is 0.900 bits per heavy atom. The van der Waals surface area contributed by atoms with Crippen LogP contribution >= 0.6 is 0 Å². The molecule has 2 aromatic carbocycles. The first-order valence-electron chi connectivity index (χ1n) is 9.75. The summed E-state index contributed by atoms with van der Waals surface area (Å²) in [5.74, 6) is 0.814. The zero-order valence-electron chi connectivity index (χ0n) is 16.4. The van der Waals surface area contributed by atoms with E-state index in [-0.39, 0.29) is 12.6 Å². The van der Waals surface area contributed by atoms with Gasteiger partial charge in [-0.1, -0.05) is 66.7 Å². The van der Waals surface area contributed by atoms with Crippen LogP contribution in [0.5, 0.6) is 0 Å². The number of carbonyl (C=O) groups excluding carboxylic acids is 1. The summed E-state index contributed by atoms with van der Waals surface area (Å²) in [7, 11) is 0. The van der Waals surface area contributed by atoms with Crippen molar-refractivity contribution in [3.05, 3.63) is 115 Å². The minimum Gasteiger partial charge on any atom is -0.447 e. The average Bonchev–Trinajstić information content (AvgIpc) is 3.35. The molecule has 0 saturated carbocycles. The van der Waals surface area contributed by atoms with Crippen molar-refractivity contribution in [2.24, 2.45) is 0 Å². The molecule has 6 nitrogen and oxygen atoms in total. The molecule has 0 N–H and O–H groups in total. The van der Waals surface area contributed by atoms with Crippen molar-refractivity contribution in [1.82, 2.24) is 14.5 Å². The number of benzene rings is 2. The molecule has 0 radical (unpaired) electrons. The van der Waals surface area contributed by atoms with Gasteiger partial charge in [0.25, 0.3) is 0 Å². The summed E-state index contributed by atoms with van der Waals surface area (Å²) < 4.78 is 6.79. The fraction of sp³-hybridized carbons (Fsp3) is 0.125. The summed E-state index contributed by atoms with van der Waals surface area (Å²) in [6, 6.07) is 26.3. The predicted octanol–water partition coefficient (Wildman–Crippen LogP) is 4.56. The number of aromatic nitrogens is 3. The third-order valence-electron chi connectivity index (χ3n) is 4.76. The molecule has 0 aliphatic heterocycles. The lowest BCUT2D eigenvalue weighted by atomic mass is 9.97. The standard InChI is InChI=1S/C24H22N4O2/c29-24(27-16-15-25-19-27)30-18-17-28(22-13-7-8-14-26-22)23(20-9-3-1-4-10-20)21-11-5-2-6-12-21/h1-16,19,23H,17-18H2. The summed E-state index contributed by atoms with van der Waals surface area (Å²) >= 11 is 0. The number of anilines is 1. The number of ether oxygens (including phenoxy) is 1. The largest absolute Gasteiger partial charge is 0.447 e. The molecule has 4 rings (SSSR count). The number of nitrogens with zero attached hydrogens (tertiary/aromatic N) is 4. The van der Waals surface area contributed by atoms with Gasteiger partial charge < -0.3 is 9.64 Å². The molecule has 0 amide bonds. The molecule has 0 spiro atoms. The first-order chi connectivity index (χ1) is 14.8. The van der Waals surface area contributed by atoms with Gasteiger partial charge in [-0.25, -0.2) is 19.3 Å². The van der Waals surface area contributed by atoms with E-state index in [0.717, 1.165) is 16.9 Å². The zero-order valence-corrected chi connectivity index (χ0v) is 16.4. The second-order valence-electron chi connectivity index (χ2n) is 6.69. The van der Waals surface area contributed by atoms with E-state index >= 15 is 0 Å². The lowest BCUT2D eigenvalue weighted by Crippen LogP contribution is -2.34. The molecular formula is C24H22N4O2. The van der Waals surface area contributed by atoms with Gasteiger partial charge in [-0.2, -0.15) is 0 Å². The van der Waals surface area contributed by atoms with E-state index in [1.165, 1.54) is 10.9 Å².